The van der Waals surface area contributed by atoms with Crippen LogP contribution in [0.15, 0.2) is 23.8 Å². The molecule has 1 atom stereocenters. The largest absolute Gasteiger partial charge is 0.0853 e. The predicted molar refractivity (Wildman–Crippen MR) is 50.5 cm³/mol. The molecule has 1 rings (SSSR count). The molecule has 1 aliphatic carbocycles. The van der Waals surface area contributed by atoms with Crippen LogP contribution in [-0.2, 0) is 0 Å². The van der Waals surface area contributed by atoms with E-state index >= 15 is 0 Å². The van der Waals surface area contributed by atoms with Crippen molar-refractivity contribution in [1.82, 2.24) is 0 Å². The van der Waals surface area contributed by atoms with Gasteiger partial charge < -0.3 is 0 Å². The maximum Gasteiger partial charge on any atom is -0.0141 e. The molecule has 0 fully saturated rings. The third-order valence-electron chi connectivity index (χ3n) is 2.40. The van der Waals surface area contributed by atoms with Crippen molar-refractivity contribution in [2.75, 3.05) is 0 Å². The van der Waals surface area contributed by atoms with Crippen molar-refractivity contribution in [3.8, 4) is 0 Å². The second kappa shape index (κ2) is 4.38. The minimum Gasteiger partial charge on any atom is -0.0853 e. The molecular formula is C11H18. The second-order valence-corrected chi connectivity index (χ2v) is 3.43. The number of allylic oxidation sites excluding steroid dienone is 4. The van der Waals surface area contributed by atoms with Crippen molar-refractivity contribution < 1.29 is 0 Å². The van der Waals surface area contributed by atoms with Gasteiger partial charge in [-0.05, 0) is 38.5 Å². The molecule has 0 spiro atoms. The molecule has 0 amide bonds. The molecule has 0 aliphatic heterocycles. The first kappa shape index (κ1) is 8.58. The van der Waals surface area contributed by atoms with Gasteiger partial charge in [0.1, 0.15) is 0 Å². The zero-order valence-electron chi connectivity index (χ0n) is 7.64. The van der Waals surface area contributed by atoms with E-state index < -0.39 is 0 Å². The zero-order valence-corrected chi connectivity index (χ0v) is 7.64. The average Bonchev–Trinajstić information content (AvgIpc) is 1.96. The van der Waals surface area contributed by atoms with Gasteiger partial charge in [-0.15, -0.1) is 0 Å². The molecule has 0 heteroatoms. The first-order valence-electron chi connectivity index (χ1n) is 4.65. The SMILES string of the molecule is CCC1C=CCC(C)=CCC1. The topological polar surface area (TPSA) is 0 Å². The maximum atomic E-state index is 2.39. The number of hydrogen-bond acceptors (Lipinski definition) is 0. The van der Waals surface area contributed by atoms with Gasteiger partial charge in [0.05, 0.1) is 0 Å². The smallest absolute Gasteiger partial charge is 0.0141 e. The summed E-state index contributed by atoms with van der Waals surface area (Å²) >= 11 is 0. The van der Waals surface area contributed by atoms with Crippen LogP contribution < -0.4 is 0 Å². The van der Waals surface area contributed by atoms with E-state index in [1.165, 1.54) is 24.8 Å². The van der Waals surface area contributed by atoms with Crippen molar-refractivity contribution in [3.05, 3.63) is 23.8 Å². The van der Waals surface area contributed by atoms with Crippen molar-refractivity contribution in [2.45, 2.75) is 39.5 Å². The van der Waals surface area contributed by atoms with Gasteiger partial charge in [0.25, 0.3) is 0 Å². The van der Waals surface area contributed by atoms with Gasteiger partial charge in [-0.25, -0.2) is 0 Å². The lowest BCUT2D eigenvalue weighted by atomic mass is 9.96. The third-order valence-corrected chi connectivity index (χ3v) is 2.40. The standard InChI is InChI=1S/C11H18/c1-3-11-8-4-6-10(2)7-5-9-11/h4,7-8,11H,3,5-6,9H2,1-2H3. The summed E-state index contributed by atoms with van der Waals surface area (Å²) in [5.74, 6) is 0.833. The van der Waals surface area contributed by atoms with E-state index in [-0.39, 0.29) is 0 Å². The number of hydrogen-bond donors (Lipinski definition) is 0. The summed E-state index contributed by atoms with van der Waals surface area (Å²) in [5, 5.41) is 0. The zero-order chi connectivity index (χ0) is 8.10. The fourth-order valence-corrected chi connectivity index (χ4v) is 1.51. The highest BCUT2D eigenvalue weighted by Gasteiger charge is 2.02. The molecule has 62 valence electrons. The van der Waals surface area contributed by atoms with Crippen molar-refractivity contribution in [2.24, 2.45) is 5.92 Å². The van der Waals surface area contributed by atoms with Crippen LogP contribution in [0.4, 0.5) is 0 Å². The first-order chi connectivity index (χ1) is 5.33. The van der Waals surface area contributed by atoms with Crippen molar-refractivity contribution >= 4 is 0 Å². The molecule has 0 N–H and O–H groups in total. The third kappa shape index (κ3) is 2.92. The Kier molecular flexibility index (Phi) is 3.41. The molecule has 0 saturated heterocycles. The minimum atomic E-state index is 0.833. The van der Waals surface area contributed by atoms with Crippen molar-refractivity contribution in [1.29, 1.82) is 0 Å². The summed E-state index contributed by atoms with van der Waals surface area (Å²) in [6.07, 6.45) is 12.2. The fourth-order valence-electron chi connectivity index (χ4n) is 1.51. The van der Waals surface area contributed by atoms with Crippen LogP contribution in [0.2, 0.25) is 0 Å². The van der Waals surface area contributed by atoms with Crippen LogP contribution in [0, 0.1) is 5.92 Å². The Labute approximate surface area is 70.0 Å². The molecule has 0 aromatic heterocycles. The van der Waals surface area contributed by atoms with Crippen LogP contribution in [0.1, 0.15) is 39.5 Å². The van der Waals surface area contributed by atoms with E-state index in [2.05, 4.69) is 32.1 Å². The molecule has 11 heavy (non-hydrogen) atoms. The van der Waals surface area contributed by atoms with Crippen LogP contribution in [0.25, 0.3) is 0 Å². The van der Waals surface area contributed by atoms with Gasteiger partial charge in [0.2, 0.25) is 0 Å². The van der Waals surface area contributed by atoms with E-state index in [9.17, 15) is 0 Å². The van der Waals surface area contributed by atoms with Crippen LogP contribution in [0.5, 0.6) is 0 Å². The molecule has 0 nitrogen and oxygen atoms in total. The quantitative estimate of drug-likeness (QED) is 0.500. The lowest BCUT2D eigenvalue weighted by Gasteiger charge is -2.10. The summed E-state index contributed by atoms with van der Waals surface area (Å²) in [5.41, 5.74) is 1.52. The summed E-state index contributed by atoms with van der Waals surface area (Å²) in [7, 11) is 0. The molecule has 0 aromatic carbocycles. The lowest BCUT2D eigenvalue weighted by Crippen LogP contribution is -1.95. The first-order valence-corrected chi connectivity index (χ1v) is 4.65. The van der Waals surface area contributed by atoms with Crippen LogP contribution in [-0.4, -0.2) is 0 Å². The molecule has 0 saturated carbocycles. The summed E-state index contributed by atoms with van der Waals surface area (Å²) in [4.78, 5) is 0. The minimum absolute atomic E-state index is 0.833. The number of rotatable bonds is 1. The Morgan fingerprint density at radius 2 is 2.36 bits per heavy atom. The van der Waals surface area contributed by atoms with Gasteiger partial charge in [-0.3, -0.25) is 0 Å². The highest BCUT2D eigenvalue weighted by atomic mass is 14.1. The molecule has 0 bridgehead atoms. The Hall–Kier alpha value is -0.520. The molecule has 1 aliphatic rings. The van der Waals surface area contributed by atoms with E-state index in [0.717, 1.165) is 12.3 Å². The summed E-state index contributed by atoms with van der Waals surface area (Å²) in [6.45, 7) is 4.49. The molecule has 0 radical (unpaired) electrons. The van der Waals surface area contributed by atoms with E-state index in [4.69, 9.17) is 0 Å². The van der Waals surface area contributed by atoms with Crippen molar-refractivity contribution in [3.63, 3.8) is 0 Å². The van der Waals surface area contributed by atoms with Gasteiger partial charge in [0.15, 0.2) is 0 Å². The lowest BCUT2D eigenvalue weighted by molar-refractivity contribution is 0.573. The second-order valence-electron chi connectivity index (χ2n) is 3.43. The van der Waals surface area contributed by atoms with Gasteiger partial charge in [-0.1, -0.05) is 30.7 Å². The van der Waals surface area contributed by atoms with E-state index in [1.54, 1.807) is 0 Å². The Morgan fingerprint density at radius 1 is 1.55 bits per heavy atom. The predicted octanol–water partition coefficient (Wildman–Crippen LogP) is 3.70. The fraction of sp³-hybridized carbons (Fsp3) is 0.636. The molecule has 1 unspecified atom stereocenters. The summed E-state index contributed by atoms with van der Waals surface area (Å²) in [6, 6.07) is 0. The van der Waals surface area contributed by atoms with Gasteiger partial charge in [0, 0.05) is 0 Å². The summed E-state index contributed by atoms with van der Waals surface area (Å²) < 4.78 is 0. The van der Waals surface area contributed by atoms with Gasteiger partial charge in [-0.2, -0.15) is 0 Å². The van der Waals surface area contributed by atoms with Crippen LogP contribution >= 0.6 is 0 Å². The highest BCUT2D eigenvalue weighted by molar-refractivity contribution is 5.07. The Bertz CT molecular complexity index is 163. The average molecular weight is 150 g/mol. The molecule has 0 aromatic rings. The molecule has 0 heterocycles. The van der Waals surface area contributed by atoms with E-state index in [0.29, 0.717) is 0 Å². The van der Waals surface area contributed by atoms with Gasteiger partial charge >= 0.3 is 0 Å². The normalized spacial score (nSPS) is 25.6. The van der Waals surface area contributed by atoms with E-state index in [1.807, 2.05) is 0 Å². The molecular weight excluding hydrogens is 132 g/mol. The monoisotopic (exact) mass is 150 g/mol. The Balaban J connectivity index is 2.48. The van der Waals surface area contributed by atoms with Crippen LogP contribution in [0.3, 0.4) is 0 Å². The Morgan fingerprint density at radius 3 is 3.09 bits per heavy atom. The maximum absolute atomic E-state index is 2.39. The highest BCUT2D eigenvalue weighted by Crippen LogP contribution is 2.18.